The Bertz CT molecular complexity index is 457. The molecule has 0 spiro atoms. The number of nitrogen functional groups attached to an aromatic ring is 1. The molecule has 1 heterocycles. The number of benzene rings is 1. The summed E-state index contributed by atoms with van der Waals surface area (Å²) >= 11 is 0. The largest absolute Gasteiger partial charge is 0.383 e. The SMILES string of the molecule is CCc1nn(C)c(N)c1-c1ccccc1. The Kier molecular flexibility index (Phi) is 2.46. The summed E-state index contributed by atoms with van der Waals surface area (Å²) in [6.07, 6.45) is 0.898. The number of hydrogen-bond donors (Lipinski definition) is 1. The molecule has 0 fully saturated rings. The molecule has 0 unspecified atom stereocenters. The average Bonchev–Trinajstić information content (AvgIpc) is 2.56. The van der Waals surface area contributed by atoms with Crippen LogP contribution in [0.4, 0.5) is 5.82 Å². The van der Waals surface area contributed by atoms with E-state index < -0.39 is 0 Å². The smallest absolute Gasteiger partial charge is 0.129 e. The average molecular weight is 201 g/mol. The molecule has 0 saturated heterocycles. The van der Waals surface area contributed by atoms with Crippen molar-refractivity contribution < 1.29 is 0 Å². The summed E-state index contributed by atoms with van der Waals surface area (Å²) < 4.78 is 1.74. The third kappa shape index (κ3) is 1.61. The zero-order valence-electron chi connectivity index (χ0n) is 9.07. The third-order valence-corrected chi connectivity index (χ3v) is 2.56. The van der Waals surface area contributed by atoms with E-state index in [4.69, 9.17) is 5.73 Å². The van der Waals surface area contributed by atoms with Crippen molar-refractivity contribution in [2.45, 2.75) is 13.3 Å². The van der Waals surface area contributed by atoms with Crippen LogP contribution in [-0.4, -0.2) is 9.78 Å². The molecule has 1 aromatic heterocycles. The van der Waals surface area contributed by atoms with Crippen molar-refractivity contribution in [2.75, 3.05) is 5.73 Å². The molecule has 3 nitrogen and oxygen atoms in total. The second-order valence-corrected chi connectivity index (χ2v) is 3.55. The van der Waals surface area contributed by atoms with Gasteiger partial charge in [-0.3, -0.25) is 4.68 Å². The van der Waals surface area contributed by atoms with Crippen molar-refractivity contribution in [1.29, 1.82) is 0 Å². The van der Waals surface area contributed by atoms with Crippen molar-refractivity contribution in [3.8, 4) is 11.1 Å². The van der Waals surface area contributed by atoms with Crippen LogP contribution in [0.25, 0.3) is 11.1 Å². The van der Waals surface area contributed by atoms with Gasteiger partial charge in [0.1, 0.15) is 5.82 Å². The maximum Gasteiger partial charge on any atom is 0.129 e. The highest BCUT2D eigenvalue weighted by molar-refractivity contribution is 5.76. The highest BCUT2D eigenvalue weighted by Gasteiger charge is 2.13. The summed E-state index contributed by atoms with van der Waals surface area (Å²) in [4.78, 5) is 0. The van der Waals surface area contributed by atoms with Crippen LogP contribution in [0, 0.1) is 0 Å². The Balaban J connectivity index is 2.61. The molecule has 1 aromatic carbocycles. The topological polar surface area (TPSA) is 43.8 Å². The molecule has 2 rings (SSSR count). The Morgan fingerprint density at radius 2 is 1.93 bits per heavy atom. The fourth-order valence-corrected chi connectivity index (χ4v) is 1.76. The Labute approximate surface area is 89.5 Å². The number of nitrogens with two attached hydrogens (primary N) is 1. The summed E-state index contributed by atoms with van der Waals surface area (Å²) in [5, 5.41) is 4.40. The lowest BCUT2D eigenvalue weighted by molar-refractivity contribution is 0.755. The normalized spacial score (nSPS) is 10.5. The van der Waals surface area contributed by atoms with Gasteiger partial charge in [-0.2, -0.15) is 5.10 Å². The van der Waals surface area contributed by atoms with Crippen LogP contribution in [-0.2, 0) is 13.5 Å². The minimum absolute atomic E-state index is 0.734. The molecule has 2 aromatic rings. The quantitative estimate of drug-likeness (QED) is 0.809. The Morgan fingerprint density at radius 3 is 2.53 bits per heavy atom. The van der Waals surface area contributed by atoms with Crippen LogP contribution in [0.5, 0.6) is 0 Å². The number of aryl methyl sites for hydroxylation is 2. The fourth-order valence-electron chi connectivity index (χ4n) is 1.76. The molecular weight excluding hydrogens is 186 g/mol. The molecule has 3 heteroatoms. The first-order valence-electron chi connectivity index (χ1n) is 5.10. The second kappa shape index (κ2) is 3.77. The predicted octanol–water partition coefficient (Wildman–Crippen LogP) is 2.23. The molecule has 0 amide bonds. The number of nitrogens with zero attached hydrogens (tertiary/aromatic N) is 2. The third-order valence-electron chi connectivity index (χ3n) is 2.56. The van der Waals surface area contributed by atoms with E-state index in [2.05, 4.69) is 24.2 Å². The number of hydrogen-bond acceptors (Lipinski definition) is 2. The monoisotopic (exact) mass is 201 g/mol. The molecule has 78 valence electrons. The van der Waals surface area contributed by atoms with Gasteiger partial charge in [0.05, 0.1) is 5.69 Å². The van der Waals surface area contributed by atoms with Gasteiger partial charge in [-0.15, -0.1) is 0 Å². The molecule has 0 saturated carbocycles. The van der Waals surface area contributed by atoms with Crippen molar-refractivity contribution in [3.05, 3.63) is 36.0 Å². The maximum atomic E-state index is 6.01. The lowest BCUT2D eigenvalue weighted by Gasteiger charge is -2.01. The maximum absolute atomic E-state index is 6.01. The summed E-state index contributed by atoms with van der Waals surface area (Å²) in [5.74, 6) is 0.734. The lowest BCUT2D eigenvalue weighted by Crippen LogP contribution is -1.97. The van der Waals surface area contributed by atoms with Crippen LogP contribution in [0.15, 0.2) is 30.3 Å². The highest BCUT2D eigenvalue weighted by atomic mass is 15.3. The van der Waals surface area contributed by atoms with Gasteiger partial charge >= 0.3 is 0 Å². The van der Waals surface area contributed by atoms with Gasteiger partial charge in [0.2, 0.25) is 0 Å². The molecule has 0 aliphatic carbocycles. The molecule has 15 heavy (non-hydrogen) atoms. The summed E-state index contributed by atoms with van der Waals surface area (Å²) in [7, 11) is 1.88. The van der Waals surface area contributed by atoms with E-state index >= 15 is 0 Å². The molecule has 0 bridgehead atoms. The minimum Gasteiger partial charge on any atom is -0.383 e. The van der Waals surface area contributed by atoms with Crippen LogP contribution < -0.4 is 5.73 Å². The van der Waals surface area contributed by atoms with Gasteiger partial charge in [-0.05, 0) is 12.0 Å². The van der Waals surface area contributed by atoms with Gasteiger partial charge in [-0.25, -0.2) is 0 Å². The summed E-state index contributed by atoms with van der Waals surface area (Å²) in [6.45, 7) is 2.09. The molecule has 0 aliphatic heterocycles. The van der Waals surface area contributed by atoms with E-state index in [0.717, 1.165) is 29.1 Å². The number of rotatable bonds is 2. The molecule has 0 radical (unpaired) electrons. The van der Waals surface area contributed by atoms with E-state index in [1.165, 1.54) is 0 Å². The standard InChI is InChI=1S/C12H15N3/c1-3-10-11(12(13)15(2)14-10)9-7-5-4-6-8-9/h4-8H,3,13H2,1-2H3. The highest BCUT2D eigenvalue weighted by Crippen LogP contribution is 2.29. The van der Waals surface area contributed by atoms with Gasteiger partial charge in [0.15, 0.2) is 0 Å². The van der Waals surface area contributed by atoms with Crippen LogP contribution in [0.2, 0.25) is 0 Å². The molecule has 2 N–H and O–H groups in total. The first kappa shape index (κ1) is 9.77. The van der Waals surface area contributed by atoms with Crippen molar-refractivity contribution in [2.24, 2.45) is 7.05 Å². The van der Waals surface area contributed by atoms with Crippen molar-refractivity contribution in [1.82, 2.24) is 9.78 Å². The van der Waals surface area contributed by atoms with Crippen molar-refractivity contribution >= 4 is 5.82 Å². The fraction of sp³-hybridized carbons (Fsp3) is 0.250. The van der Waals surface area contributed by atoms with Crippen LogP contribution in [0.1, 0.15) is 12.6 Å². The molecule has 0 aliphatic rings. The number of anilines is 1. The minimum atomic E-state index is 0.734. The van der Waals surface area contributed by atoms with E-state index in [1.807, 2.05) is 25.2 Å². The zero-order valence-corrected chi connectivity index (χ0v) is 9.07. The Morgan fingerprint density at radius 1 is 1.27 bits per heavy atom. The summed E-state index contributed by atoms with van der Waals surface area (Å²) in [6, 6.07) is 10.2. The zero-order chi connectivity index (χ0) is 10.8. The van der Waals surface area contributed by atoms with Gasteiger partial charge in [0, 0.05) is 12.6 Å². The van der Waals surface area contributed by atoms with Gasteiger partial charge in [0.25, 0.3) is 0 Å². The van der Waals surface area contributed by atoms with E-state index in [1.54, 1.807) is 4.68 Å². The van der Waals surface area contributed by atoms with Gasteiger partial charge in [-0.1, -0.05) is 37.3 Å². The first-order valence-corrected chi connectivity index (χ1v) is 5.10. The van der Waals surface area contributed by atoms with E-state index in [0.29, 0.717) is 0 Å². The van der Waals surface area contributed by atoms with Crippen LogP contribution in [0.3, 0.4) is 0 Å². The first-order chi connectivity index (χ1) is 7.24. The second-order valence-electron chi connectivity index (χ2n) is 3.55. The van der Waals surface area contributed by atoms with E-state index in [-0.39, 0.29) is 0 Å². The Hall–Kier alpha value is -1.77. The molecule has 0 atom stereocenters. The number of aromatic nitrogens is 2. The molecular formula is C12H15N3. The van der Waals surface area contributed by atoms with Crippen molar-refractivity contribution in [3.63, 3.8) is 0 Å². The van der Waals surface area contributed by atoms with E-state index in [9.17, 15) is 0 Å². The summed E-state index contributed by atoms with van der Waals surface area (Å²) in [5.41, 5.74) is 9.28. The predicted molar refractivity (Wildman–Crippen MR) is 62.4 cm³/mol. The van der Waals surface area contributed by atoms with Crippen LogP contribution >= 0.6 is 0 Å². The van der Waals surface area contributed by atoms with Gasteiger partial charge < -0.3 is 5.73 Å². The lowest BCUT2D eigenvalue weighted by atomic mass is 10.0.